The maximum absolute atomic E-state index is 12.2. The third-order valence-corrected chi connectivity index (χ3v) is 2.70. The van der Waals surface area contributed by atoms with Crippen molar-refractivity contribution in [2.45, 2.75) is 0 Å². The van der Waals surface area contributed by atoms with E-state index in [2.05, 4.69) is 10.4 Å². The number of carbonyl (C=O) groups is 1. The fraction of sp³-hybridized carbons (Fsp3) is 0.333. The number of likely N-dealkylation sites (N-methyl/N-ethyl adjacent to an activating group) is 2. The van der Waals surface area contributed by atoms with Gasteiger partial charge in [0.05, 0.1) is 17.3 Å². The Balaban J connectivity index is 2.24. The van der Waals surface area contributed by atoms with Crippen LogP contribution in [-0.4, -0.2) is 47.6 Å². The highest BCUT2D eigenvalue weighted by Gasteiger charge is 2.15. The van der Waals surface area contributed by atoms with Crippen molar-refractivity contribution in [3.05, 3.63) is 36.2 Å². The minimum atomic E-state index is 0.00134. The smallest absolute Gasteiger partial charge is 0.257 e. The Bertz CT molecular complexity index is 520. The molecule has 0 saturated heterocycles. The summed E-state index contributed by atoms with van der Waals surface area (Å²) < 4.78 is 1.71. The summed E-state index contributed by atoms with van der Waals surface area (Å²) >= 11 is 0. The van der Waals surface area contributed by atoms with Crippen LogP contribution in [0.5, 0.6) is 0 Å². The molecule has 0 fully saturated rings. The predicted octanol–water partition coefficient (Wildman–Crippen LogP) is 0.626. The number of nitrogens with zero attached hydrogens (tertiary/aromatic N) is 3. The lowest BCUT2D eigenvalue weighted by molar-refractivity contribution is 0.0798. The van der Waals surface area contributed by atoms with Crippen molar-refractivity contribution in [2.24, 2.45) is 0 Å². The van der Waals surface area contributed by atoms with Crippen molar-refractivity contribution in [2.75, 3.05) is 27.2 Å². The van der Waals surface area contributed by atoms with Crippen molar-refractivity contribution in [1.82, 2.24) is 19.8 Å². The van der Waals surface area contributed by atoms with Gasteiger partial charge >= 0.3 is 0 Å². The third-order valence-electron chi connectivity index (χ3n) is 2.70. The number of amides is 1. The number of pyridine rings is 1. The Hall–Kier alpha value is -1.88. The maximum atomic E-state index is 12.2. The van der Waals surface area contributed by atoms with Crippen LogP contribution in [0.3, 0.4) is 0 Å². The van der Waals surface area contributed by atoms with Crippen LogP contribution < -0.4 is 5.32 Å². The van der Waals surface area contributed by atoms with E-state index in [1.54, 1.807) is 22.7 Å². The van der Waals surface area contributed by atoms with Gasteiger partial charge in [-0.2, -0.15) is 5.10 Å². The molecule has 0 aliphatic rings. The molecule has 2 aromatic heterocycles. The van der Waals surface area contributed by atoms with E-state index in [4.69, 9.17) is 0 Å². The lowest BCUT2D eigenvalue weighted by Gasteiger charge is -2.15. The van der Waals surface area contributed by atoms with Gasteiger partial charge in [-0.1, -0.05) is 6.07 Å². The summed E-state index contributed by atoms with van der Waals surface area (Å²) in [7, 11) is 3.67. The molecule has 90 valence electrons. The van der Waals surface area contributed by atoms with E-state index in [-0.39, 0.29) is 5.91 Å². The predicted molar refractivity (Wildman–Crippen MR) is 66.1 cm³/mol. The van der Waals surface area contributed by atoms with Gasteiger partial charge in [0.25, 0.3) is 5.91 Å². The van der Waals surface area contributed by atoms with Crippen LogP contribution in [0.25, 0.3) is 5.52 Å². The van der Waals surface area contributed by atoms with Gasteiger partial charge in [-0.05, 0) is 19.2 Å². The molecule has 0 unspecified atom stereocenters. The summed E-state index contributed by atoms with van der Waals surface area (Å²) in [5.41, 5.74) is 1.48. The van der Waals surface area contributed by atoms with Crippen molar-refractivity contribution < 1.29 is 4.79 Å². The zero-order valence-corrected chi connectivity index (χ0v) is 10.1. The average molecular weight is 232 g/mol. The Morgan fingerprint density at radius 2 is 2.35 bits per heavy atom. The summed E-state index contributed by atoms with van der Waals surface area (Å²) in [5, 5.41) is 7.18. The number of rotatable bonds is 4. The number of fused-ring (bicyclic) bond motifs is 1. The Morgan fingerprint density at radius 3 is 3.12 bits per heavy atom. The first kappa shape index (κ1) is 11.6. The van der Waals surface area contributed by atoms with Crippen molar-refractivity contribution >= 4 is 11.4 Å². The Morgan fingerprint density at radius 1 is 1.53 bits per heavy atom. The first-order chi connectivity index (χ1) is 8.24. The second-order valence-corrected chi connectivity index (χ2v) is 3.92. The van der Waals surface area contributed by atoms with Crippen LogP contribution in [0.2, 0.25) is 0 Å². The molecular weight excluding hydrogens is 216 g/mol. The highest BCUT2D eigenvalue weighted by Crippen LogP contribution is 2.11. The van der Waals surface area contributed by atoms with Gasteiger partial charge in [0.2, 0.25) is 0 Å². The van der Waals surface area contributed by atoms with E-state index in [0.717, 1.165) is 12.1 Å². The lowest BCUT2D eigenvalue weighted by atomic mass is 10.2. The molecule has 0 bridgehead atoms. The molecule has 0 atom stereocenters. The van der Waals surface area contributed by atoms with Gasteiger partial charge in [-0.3, -0.25) is 4.79 Å². The maximum Gasteiger partial charge on any atom is 0.257 e. The van der Waals surface area contributed by atoms with Gasteiger partial charge < -0.3 is 10.2 Å². The largest absolute Gasteiger partial charge is 0.340 e. The molecule has 0 saturated carbocycles. The number of hydrogen-bond acceptors (Lipinski definition) is 3. The van der Waals surface area contributed by atoms with Crippen molar-refractivity contribution in [3.8, 4) is 0 Å². The minimum Gasteiger partial charge on any atom is -0.340 e. The molecule has 0 radical (unpaired) electrons. The van der Waals surface area contributed by atoms with Gasteiger partial charge in [-0.25, -0.2) is 4.52 Å². The van der Waals surface area contributed by atoms with Crippen molar-refractivity contribution in [3.63, 3.8) is 0 Å². The molecule has 0 aliphatic heterocycles. The monoisotopic (exact) mass is 232 g/mol. The van der Waals surface area contributed by atoms with Crippen LogP contribution in [0.4, 0.5) is 0 Å². The van der Waals surface area contributed by atoms with Gasteiger partial charge in [0, 0.05) is 26.3 Å². The molecule has 2 rings (SSSR count). The summed E-state index contributed by atoms with van der Waals surface area (Å²) in [6.07, 6.45) is 3.45. The molecule has 1 amide bonds. The number of hydrogen-bond donors (Lipinski definition) is 1. The molecule has 1 N–H and O–H groups in total. The highest BCUT2D eigenvalue weighted by atomic mass is 16.2. The summed E-state index contributed by atoms with van der Waals surface area (Å²) in [6, 6.07) is 5.69. The first-order valence-corrected chi connectivity index (χ1v) is 5.56. The minimum absolute atomic E-state index is 0.00134. The summed E-state index contributed by atoms with van der Waals surface area (Å²) in [5.74, 6) is 0.00134. The molecule has 2 aromatic rings. The Kier molecular flexibility index (Phi) is 3.39. The number of aromatic nitrogens is 2. The van der Waals surface area contributed by atoms with E-state index in [1.807, 2.05) is 31.4 Å². The van der Waals surface area contributed by atoms with E-state index in [0.29, 0.717) is 12.1 Å². The van der Waals surface area contributed by atoms with E-state index < -0.39 is 0 Å². The van der Waals surface area contributed by atoms with Crippen LogP contribution in [-0.2, 0) is 0 Å². The van der Waals surface area contributed by atoms with Crippen LogP contribution >= 0.6 is 0 Å². The van der Waals surface area contributed by atoms with Crippen LogP contribution in [0, 0.1) is 0 Å². The zero-order valence-electron chi connectivity index (χ0n) is 10.1. The normalized spacial score (nSPS) is 10.7. The van der Waals surface area contributed by atoms with E-state index in [9.17, 15) is 4.79 Å². The second-order valence-electron chi connectivity index (χ2n) is 3.92. The van der Waals surface area contributed by atoms with Gasteiger partial charge in [0.15, 0.2) is 0 Å². The molecule has 5 nitrogen and oxygen atoms in total. The molecule has 17 heavy (non-hydrogen) atoms. The summed E-state index contributed by atoms with van der Waals surface area (Å²) in [6.45, 7) is 1.46. The molecule has 5 heteroatoms. The molecule has 0 aliphatic carbocycles. The van der Waals surface area contributed by atoms with E-state index in [1.165, 1.54) is 0 Å². The topological polar surface area (TPSA) is 49.6 Å². The Labute approximate surface area is 100 Å². The summed E-state index contributed by atoms with van der Waals surface area (Å²) in [4.78, 5) is 13.9. The first-order valence-electron chi connectivity index (χ1n) is 5.56. The van der Waals surface area contributed by atoms with Crippen LogP contribution in [0.1, 0.15) is 10.4 Å². The number of carbonyl (C=O) groups excluding carboxylic acids is 1. The van der Waals surface area contributed by atoms with Gasteiger partial charge in [-0.15, -0.1) is 0 Å². The molecule has 2 heterocycles. The lowest BCUT2D eigenvalue weighted by Crippen LogP contribution is -2.32. The zero-order chi connectivity index (χ0) is 12.3. The van der Waals surface area contributed by atoms with Crippen molar-refractivity contribution in [1.29, 1.82) is 0 Å². The molecule has 0 spiro atoms. The SMILES string of the molecule is CNCCN(C)C(=O)c1cnn2ccccc12. The second kappa shape index (κ2) is 4.97. The molecule has 0 aromatic carbocycles. The fourth-order valence-corrected chi connectivity index (χ4v) is 1.69. The van der Waals surface area contributed by atoms with Gasteiger partial charge in [0.1, 0.15) is 0 Å². The highest BCUT2D eigenvalue weighted by molar-refractivity contribution is 6.00. The average Bonchev–Trinajstić information content (AvgIpc) is 2.78. The number of nitrogens with one attached hydrogen (secondary N) is 1. The van der Waals surface area contributed by atoms with Crippen LogP contribution in [0.15, 0.2) is 30.6 Å². The third kappa shape index (κ3) is 2.29. The fourth-order valence-electron chi connectivity index (χ4n) is 1.69. The quantitative estimate of drug-likeness (QED) is 0.841. The molecular formula is C12H16N4O. The standard InChI is InChI=1S/C12H16N4O/c1-13-6-8-15(2)12(17)10-9-14-16-7-4-3-5-11(10)16/h3-5,7,9,13H,6,8H2,1-2H3. The van der Waals surface area contributed by atoms with E-state index >= 15 is 0 Å².